The molecular weight excluding hydrogens is 694 g/mol. The number of ketones is 2. The minimum absolute atomic E-state index is 0.0978. The van der Waals surface area contributed by atoms with Crippen LogP contribution in [-0.4, -0.2) is 77.2 Å². The van der Waals surface area contributed by atoms with E-state index in [4.69, 9.17) is 15.3 Å². The normalized spacial score (nSPS) is 11.9. The summed E-state index contributed by atoms with van der Waals surface area (Å²) in [5.41, 5.74) is 1.84. The van der Waals surface area contributed by atoms with Gasteiger partial charge in [-0.25, -0.2) is 17.6 Å². The fourth-order valence-corrected chi connectivity index (χ4v) is 3.84. The highest BCUT2D eigenvalue weighted by molar-refractivity contribution is 7.80. The average Bonchev–Trinajstić information content (AvgIpc) is 3.33. The number of hydrogen-bond donors (Lipinski definition) is 3. The maximum atomic E-state index is 12.7. The van der Waals surface area contributed by atoms with Crippen LogP contribution in [0.15, 0.2) is 72.8 Å². The predicted octanol–water partition coefficient (Wildman–Crippen LogP) is 3.25. The van der Waals surface area contributed by atoms with E-state index in [0.717, 1.165) is 40.5 Å². The molecule has 4 aromatic rings. The molecule has 12 nitrogen and oxygen atoms in total. The smallest absolute Gasteiger partial charge is 0.495 e. The van der Waals surface area contributed by atoms with E-state index in [9.17, 15) is 53.7 Å². The van der Waals surface area contributed by atoms with Crippen LogP contribution in [0, 0.1) is 0 Å². The van der Waals surface area contributed by atoms with Gasteiger partial charge in [-0.2, -0.15) is 26.3 Å². The first kappa shape index (κ1) is 42.5. The second-order valence-electron chi connectivity index (χ2n) is 9.47. The Morgan fingerprint density at radius 1 is 0.898 bits per heavy atom. The van der Waals surface area contributed by atoms with Gasteiger partial charge < -0.3 is 19.9 Å². The third kappa shape index (κ3) is 13.1. The summed E-state index contributed by atoms with van der Waals surface area (Å²) in [6.45, 7) is -1.21. The molecule has 268 valence electrons. The Kier molecular flexibility index (Phi) is 15.9. The van der Waals surface area contributed by atoms with E-state index in [1.165, 1.54) is 38.4 Å². The number of carbonyl (C=O) groups is 3. The summed E-state index contributed by atoms with van der Waals surface area (Å²) in [7, 11) is -0.761. The van der Waals surface area contributed by atoms with Crippen molar-refractivity contribution in [2.24, 2.45) is 14.1 Å². The fourth-order valence-electron chi connectivity index (χ4n) is 3.84. The first-order valence-corrected chi connectivity index (χ1v) is 14.7. The van der Waals surface area contributed by atoms with Crippen LogP contribution in [0.2, 0.25) is 0 Å². The number of fused-ring (bicyclic) bond motifs is 1. The van der Waals surface area contributed by atoms with Gasteiger partial charge in [0.25, 0.3) is 0 Å². The highest BCUT2D eigenvalue weighted by Gasteiger charge is 2.45. The van der Waals surface area contributed by atoms with Crippen molar-refractivity contribution in [1.82, 2.24) is 4.57 Å². The average molecular weight is 725 g/mol. The number of rotatable bonds is 7. The molecule has 19 heteroatoms. The van der Waals surface area contributed by atoms with Gasteiger partial charge in [0.2, 0.25) is 10.4 Å². The molecule has 3 N–H and O–H groups in total. The number of halogens is 6. The third-order valence-electron chi connectivity index (χ3n) is 6.21. The van der Waals surface area contributed by atoms with Crippen LogP contribution in [0.3, 0.4) is 0 Å². The minimum Gasteiger partial charge on any atom is -0.726 e. The molecule has 0 radical (unpaired) electrons. The zero-order valence-electron chi connectivity index (χ0n) is 25.8. The molecule has 4 rings (SSSR count). The lowest BCUT2D eigenvalue weighted by atomic mass is 10.0. The molecule has 0 aliphatic carbocycles. The van der Waals surface area contributed by atoms with Gasteiger partial charge in [-0.05, 0) is 17.7 Å². The van der Waals surface area contributed by atoms with Gasteiger partial charge in [0.1, 0.15) is 19.5 Å². The van der Waals surface area contributed by atoms with Gasteiger partial charge in [0, 0.05) is 16.7 Å². The molecular formula is C30H30F6N2O10S. The molecule has 0 aliphatic heterocycles. The van der Waals surface area contributed by atoms with Crippen molar-refractivity contribution in [1.29, 1.82) is 0 Å². The molecule has 1 aromatic heterocycles. The summed E-state index contributed by atoms with van der Waals surface area (Å²) < 4.78 is 108. The Hall–Kier alpha value is -4.53. The topological polar surface area (TPSA) is 187 Å². The molecule has 0 aliphatic rings. The molecule has 3 aromatic carbocycles. The Bertz CT molecular complexity index is 1770. The fraction of sp³-hybridized carbons (Fsp3) is 0.267. The van der Waals surface area contributed by atoms with Crippen molar-refractivity contribution in [3.05, 3.63) is 101 Å². The molecule has 0 spiro atoms. The van der Waals surface area contributed by atoms with Gasteiger partial charge in [-0.1, -0.05) is 60.7 Å². The molecule has 0 saturated carbocycles. The number of Topliss-reactive ketones (excluding diaryl/α,β-unsaturated/α-hetero) is 2. The molecule has 1 heterocycles. The SMILES string of the molecule is COS(=O)(=O)[O-].Cn1c(C(F)(F)F)[n+](C)c2ccccc21.O=C(CO)c1ccc(C(O)C(F)(F)F)cc1.O=Cc1ccc(C(=O)CO)cc1. The number of carbonyl (C=O) groups excluding carboxylic acids is 3. The number of aliphatic hydroxyl groups is 3. The largest absolute Gasteiger partial charge is 0.726 e. The van der Waals surface area contributed by atoms with Crippen molar-refractivity contribution < 1.29 is 77.8 Å². The lowest BCUT2D eigenvalue weighted by Crippen LogP contribution is -2.37. The van der Waals surface area contributed by atoms with Crippen LogP contribution in [0.1, 0.15) is 48.6 Å². The standard InChI is InChI=1S/C10H10F3N2.C10H9F3O3.C9H8O3.CH4O4S/c1-14-7-5-3-4-6-8(7)15(2)9(14)10(11,12)13;11-10(12,13)9(16)7-3-1-6(2-4-7)8(15)5-14;10-5-7-1-3-8(4-2-7)9(12)6-11;1-5-6(2,3)4/h3-6H,1-2H3;1-4,9,14,16H,5H2;1-5,11H,6H2;1H3,(H,2,3,4)/q+1;;;/p-1. The molecule has 1 unspecified atom stereocenters. The lowest BCUT2D eigenvalue weighted by Gasteiger charge is -2.14. The zero-order valence-corrected chi connectivity index (χ0v) is 26.6. The lowest BCUT2D eigenvalue weighted by molar-refractivity contribution is -0.667. The van der Waals surface area contributed by atoms with E-state index >= 15 is 0 Å². The number of hydrogen-bond acceptors (Lipinski definition) is 10. The number of alkyl halides is 6. The second kappa shape index (κ2) is 18.3. The van der Waals surface area contributed by atoms with Crippen molar-refractivity contribution >= 4 is 39.3 Å². The van der Waals surface area contributed by atoms with Crippen molar-refractivity contribution in [3.8, 4) is 0 Å². The third-order valence-corrected chi connectivity index (χ3v) is 6.62. The second-order valence-corrected chi connectivity index (χ2v) is 10.6. The van der Waals surface area contributed by atoms with Crippen molar-refractivity contribution in [2.75, 3.05) is 20.3 Å². The Morgan fingerprint density at radius 3 is 1.67 bits per heavy atom. The van der Waals surface area contributed by atoms with Gasteiger partial charge >= 0.3 is 18.2 Å². The first-order chi connectivity index (χ1) is 22.6. The van der Waals surface area contributed by atoms with Crippen molar-refractivity contribution in [2.45, 2.75) is 18.5 Å². The highest BCUT2D eigenvalue weighted by atomic mass is 32.3. The Labute approximate surface area is 275 Å². The van der Waals surface area contributed by atoms with Crippen LogP contribution < -0.4 is 4.57 Å². The number of para-hydroxylation sites is 2. The van der Waals surface area contributed by atoms with Crippen LogP contribution in [-0.2, 0) is 34.9 Å². The van der Waals surface area contributed by atoms with Gasteiger partial charge in [0.05, 0.1) is 21.2 Å². The van der Waals surface area contributed by atoms with Gasteiger partial charge in [-0.15, -0.1) is 0 Å². The van der Waals surface area contributed by atoms with Gasteiger partial charge in [-0.3, -0.25) is 18.6 Å². The maximum absolute atomic E-state index is 12.7. The molecule has 49 heavy (non-hydrogen) atoms. The molecule has 0 bridgehead atoms. The van der Waals surface area contributed by atoms with Crippen LogP contribution in [0.4, 0.5) is 26.3 Å². The van der Waals surface area contributed by atoms with Crippen LogP contribution in [0.25, 0.3) is 11.0 Å². The van der Waals surface area contributed by atoms with Crippen LogP contribution in [0.5, 0.6) is 0 Å². The summed E-state index contributed by atoms with van der Waals surface area (Å²) in [4.78, 5) is 32.1. The van der Waals surface area contributed by atoms with Crippen molar-refractivity contribution in [3.63, 3.8) is 0 Å². The minimum atomic E-state index is -4.73. The van der Waals surface area contributed by atoms with E-state index in [0.29, 0.717) is 28.4 Å². The van der Waals surface area contributed by atoms with E-state index < -0.39 is 53.7 Å². The molecule has 0 saturated heterocycles. The van der Waals surface area contributed by atoms with E-state index in [1.807, 2.05) is 0 Å². The number of aryl methyl sites for hydroxylation is 2. The van der Waals surface area contributed by atoms with Crippen LogP contribution >= 0.6 is 0 Å². The van der Waals surface area contributed by atoms with E-state index in [-0.39, 0.29) is 16.9 Å². The monoisotopic (exact) mass is 724 g/mol. The first-order valence-electron chi connectivity index (χ1n) is 13.3. The number of aldehydes is 1. The number of benzene rings is 3. The molecule has 0 fully saturated rings. The van der Waals surface area contributed by atoms with E-state index in [2.05, 4.69) is 4.18 Å². The van der Waals surface area contributed by atoms with Gasteiger partial charge in [0.15, 0.2) is 28.7 Å². The predicted molar refractivity (Wildman–Crippen MR) is 158 cm³/mol. The highest BCUT2D eigenvalue weighted by Crippen LogP contribution is 2.32. The summed E-state index contributed by atoms with van der Waals surface area (Å²) in [6, 6.07) is 17.2. The quantitative estimate of drug-likeness (QED) is 0.0638. The summed E-state index contributed by atoms with van der Waals surface area (Å²) >= 11 is 0. The number of imidazole rings is 1. The molecule has 1 atom stereocenters. The summed E-state index contributed by atoms with van der Waals surface area (Å²) in [5.74, 6) is -1.58. The number of aliphatic hydroxyl groups excluding tert-OH is 3. The zero-order chi connectivity index (χ0) is 37.7. The number of nitrogens with zero attached hydrogens (tertiary/aromatic N) is 2. The summed E-state index contributed by atoms with van der Waals surface area (Å²) in [5, 5.41) is 25.9. The Morgan fingerprint density at radius 2 is 1.33 bits per heavy atom. The summed E-state index contributed by atoms with van der Waals surface area (Å²) in [6.07, 6.45) is -10.9. The maximum Gasteiger partial charge on any atom is 0.495 e. The Balaban J connectivity index is 0.000000342. The molecule has 0 amide bonds. The number of aromatic nitrogens is 2. The van der Waals surface area contributed by atoms with E-state index in [1.54, 1.807) is 24.3 Å².